The third-order valence-electron chi connectivity index (χ3n) is 4.45. The molecule has 0 unspecified atom stereocenters. The summed E-state index contributed by atoms with van der Waals surface area (Å²) in [6, 6.07) is 8.59. The zero-order valence-electron chi connectivity index (χ0n) is 15.8. The van der Waals surface area contributed by atoms with Gasteiger partial charge in [-0.15, -0.1) is 0 Å². The Morgan fingerprint density at radius 2 is 1.69 bits per heavy atom. The number of primary sulfonamides is 1. The normalized spacial score (nSPS) is 12.2. The van der Waals surface area contributed by atoms with Crippen LogP contribution in [0.2, 0.25) is 0 Å². The van der Waals surface area contributed by atoms with Gasteiger partial charge in [0.2, 0.25) is 10.0 Å². The molecule has 154 valence electrons. The predicted octanol–water partition coefficient (Wildman–Crippen LogP) is 4.04. The molecule has 3 N–H and O–H groups in total. The second-order valence-electron chi connectivity index (χ2n) is 6.50. The van der Waals surface area contributed by atoms with E-state index in [1.54, 1.807) is 13.8 Å². The van der Waals surface area contributed by atoms with Gasteiger partial charge < -0.3 is 4.74 Å². The predicted molar refractivity (Wildman–Crippen MR) is 102 cm³/mol. The quantitative estimate of drug-likeness (QED) is 0.659. The Balaban J connectivity index is 2.39. The highest BCUT2D eigenvalue weighted by Gasteiger charge is 2.38. The lowest BCUT2D eigenvalue weighted by atomic mass is 9.95. The van der Waals surface area contributed by atoms with E-state index in [9.17, 15) is 21.6 Å². The third-order valence-corrected chi connectivity index (χ3v) is 5.42. The molecule has 0 atom stereocenters. The number of H-pyrrole nitrogens is 1. The van der Waals surface area contributed by atoms with Gasteiger partial charge >= 0.3 is 6.18 Å². The van der Waals surface area contributed by atoms with E-state index in [-0.39, 0.29) is 27.3 Å². The number of hydrogen-bond donors (Lipinski definition) is 2. The van der Waals surface area contributed by atoms with Gasteiger partial charge in [0, 0.05) is 11.1 Å². The summed E-state index contributed by atoms with van der Waals surface area (Å²) in [6.07, 6.45) is -4.74. The maximum absolute atomic E-state index is 13.7. The van der Waals surface area contributed by atoms with E-state index in [0.717, 1.165) is 0 Å². The molecule has 0 fully saturated rings. The van der Waals surface area contributed by atoms with Crippen molar-refractivity contribution < 1.29 is 26.3 Å². The number of methoxy groups -OCH3 is 1. The Labute approximate surface area is 165 Å². The molecule has 3 aromatic rings. The summed E-state index contributed by atoms with van der Waals surface area (Å²) in [4.78, 5) is -0.316. The van der Waals surface area contributed by atoms with Crippen LogP contribution in [0.15, 0.2) is 41.3 Å². The average Bonchev–Trinajstić information content (AvgIpc) is 3.06. The Morgan fingerprint density at radius 3 is 2.21 bits per heavy atom. The number of alkyl halides is 3. The van der Waals surface area contributed by atoms with Crippen molar-refractivity contribution in [3.8, 4) is 28.1 Å². The van der Waals surface area contributed by atoms with E-state index in [0.29, 0.717) is 16.9 Å². The van der Waals surface area contributed by atoms with Gasteiger partial charge in [-0.05, 0) is 48.7 Å². The molecule has 10 heteroatoms. The fourth-order valence-corrected chi connectivity index (χ4v) is 4.09. The summed E-state index contributed by atoms with van der Waals surface area (Å²) in [6.45, 7) is 3.42. The summed E-state index contributed by atoms with van der Waals surface area (Å²) in [5.74, 6) is 0.553. The van der Waals surface area contributed by atoms with Crippen molar-refractivity contribution in [2.45, 2.75) is 24.9 Å². The summed E-state index contributed by atoms with van der Waals surface area (Å²) in [7, 11) is -2.71. The number of sulfonamides is 1. The number of aromatic amines is 1. The van der Waals surface area contributed by atoms with Crippen LogP contribution < -0.4 is 9.88 Å². The fraction of sp³-hybridized carbons (Fsp3) is 0.211. The molecule has 0 aliphatic heterocycles. The van der Waals surface area contributed by atoms with E-state index in [1.165, 1.54) is 43.5 Å². The third kappa shape index (κ3) is 3.85. The van der Waals surface area contributed by atoms with Crippen LogP contribution in [0.25, 0.3) is 22.4 Å². The highest BCUT2D eigenvalue weighted by Crippen LogP contribution is 2.43. The maximum atomic E-state index is 13.7. The number of hydrogen-bond acceptors (Lipinski definition) is 4. The van der Waals surface area contributed by atoms with Crippen molar-refractivity contribution >= 4 is 10.0 Å². The number of nitrogens with two attached hydrogens (primary N) is 1. The van der Waals surface area contributed by atoms with Gasteiger partial charge in [-0.1, -0.05) is 18.2 Å². The molecule has 0 amide bonds. The van der Waals surface area contributed by atoms with Gasteiger partial charge in [-0.25, -0.2) is 13.6 Å². The summed E-state index contributed by atoms with van der Waals surface area (Å²) in [5.41, 5.74) is -0.0527. The van der Waals surface area contributed by atoms with Crippen molar-refractivity contribution in [3.63, 3.8) is 0 Å². The minimum atomic E-state index is -4.74. The van der Waals surface area contributed by atoms with Gasteiger partial charge in [0.1, 0.15) is 17.1 Å². The second kappa shape index (κ2) is 7.20. The first kappa shape index (κ1) is 20.9. The van der Waals surface area contributed by atoms with Crippen molar-refractivity contribution in [2.75, 3.05) is 7.11 Å². The van der Waals surface area contributed by atoms with Crippen molar-refractivity contribution in [1.29, 1.82) is 0 Å². The largest absolute Gasteiger partial charge is 0.496 e. The van der Waals surface area contributed by atoms with Crippen LogP contribution >= 0.6 is 0 Å². The lowest BCUT2D eigenvalue weighted by molar-refractivity contribution is -0.140. The Hall–Kier alpha value is -2.85. The molecule has 0 aliphatic rings. The molecule has 0 bridgehead atoms. The van der Waals surface area contributed by atoms with E-state index >= 15 is 0 Å². The Bertz CT molecular complexity index is 1160. The first-order chi connectivity index (χ1) is 13.4. The van der Waals surface area contributed by atoms with E-state index < -0.39 is 21.9 Å². The molecule has 2 aromatic carbocycles. The lowest BCUT2D eigenvalue weighted by Crippen LogP contribution is -2.13. The highest BCUT2D eigenvalue weighted by atomic mass is 32.2. The fourth-order valence-electron chi connectivity index (χ4n) is 3.35. The SMILES string of the molecule is COc1c(C)cc(-c2c(-c3ccccc3S(N)(=O)=O)n[nH]c2C(F)(F)F)cc1C. The van der Waals surface area contributed by atoms with Crippen LogP contribution in [0.1, 0.15) is 16.8 Å². The molecule has 6 nitrogen and oxygen atoms in total. The van der Waals surface area contributed by atoms with E-state index in [4.69, 9.17) is 9.88 Å². The molecular weight excluding hydrogens is 407 g/mol. The summed E-state index contributed by atoms with van der Waals surface area (Å²) in [5, 5.41) is 11.1. The molecule has 3 rings (SSSR count). The minimum absolute atomic E-state index is 0.0251. The molecule has 1 aromatic heterocycles. The highest BCUT2D eigenvalue weighted by molar-refractivity contribution is 7.89. The molecule has 0 saturated heterocycles. The Morgan fingerprint density at radius 1 is 1.10 bits per heavy atom. The number of nitrogens with one attached hydrogen (secondary N) is 1. The van der Waals surface area contributed by atoms with Gasteiger partial charge in [-0.3, -0.25) is 5.10 Å². The van der Waals surface area contributed by atoms with Crippen molar-refractivity contribution in [3.05, 3.63) is 53.2 Å². The first-order valence-corrected chi connectivity index (χ1v) is 9.93. The van der Waals surface area contributed by atoms with Crippen LogP contribution in [-0.4, -0.2) is 25.7 Å². The molecular formula is C19H18F3N3O3S. The average molecular weight is 425 g/mol. The summed E-state index contributed by atoms with van der Waals surface area (Å²) >= 11 is 0. The summed E-state index contributed by atoms with van der Waals surface area (Å²) < 4.78 is 70.3. The Kier molecular flexibility index (Phi) is 5.18. The molecule has 0 spiro atoms. The number of rotatable bonds is 4. The van der Waals surface area contributed by atoms with Crippen LogP contribution in [0.5, 0.6) is 5.75 Å². The van der Waals surface area contributed by atoms with Gasteiger partial charge in [-0.2, -0.15) is 18.3 Å². The van der Waals surface area contributed by atoms with Crippen molar-refractivity contribution in [2.24, 2.45) is 5.14 Å². The van der Waals surface area contributed by atoms with Gasteiger partial charge in [0.25, 0.3) is 0 Å². The second-order valence-corrected chi connectivity index (χ2v) is 8.03. The molecule has 0 radical (unpaired) electrons. The number of aromatic nitrogens is 2. The number of nitrogens with zero attached hydrogens (tertiary/aromatic N) is 1. The number of ether oxygens (including phenoxy) is 1. The molecule has 0 aliphatic carbocycles. The smallest absolute Gasteiger partial charge is 0.433 e. The van der Waals surface area contributed by atoms with Gasteiger partial charge in [0.05, 0.1) is 12.0 Å². The topological polar surface area (TPSA) is 98.1 Å². The minimum Gasteiger partial charge on any atom is -0.496 e. The molecule has 0 saturated carbocycles. The number of halogens is 3. The number of aryl methyl sites for hydroxylation is 2. The van der Waals surface area contributed by atoms with E-state index in [1.807, 2.05) is 5.10 Å². The monoisotopic (exact) mass is 425 g/mol. The molecule has 29 heavy (non-hydrogen) atoms. The standard InChI is InChI=1S/C19H18F3N3O3S/c1-10-8-12(9-11(2)17(10)28-3)15-16(24-25-18(15)19(20,21)22)13-6-4-5-7-14(13)29(23,26)27/h4-9H,1-3H3,(H,24,25)(H2,23,26,27). The molecule has 1 heterocycles. The van der Waals surface area contributed by atoms with Crippen LogP contribution in [-0.2, 0) is 16.2 Å². The zero-order chi connectivity index (χ0) is 21.6. The van der Waals surface area contributed by atoms with Crippen molar-refractivity contribution in [1.82, 2.24) is 10.2 Å². The van der Waals surface area contributed by atoms with Crippen LogP contribution in [0, 0.1) is 13.8 Å². The van der Waals surface area contributed by atoms with Gasteiger partial charge in [0.15, 0.2) is 0 Å². The van der Waals surface area contributed by atoms with Crippen LogP contribution in [0.3, 0.4) is 0 Å². The van der Waals surface area contributed by atoms with E-state index in [2.05, 4.69) is 5.10 Å². The van der Waals surface area contributed by atoms with Crippen LogP contribution in [0.4, 0.5) is 13.2 Å². The zero-order valence-corrected chi connectivity index (χ0v) is 16.6. The number of benzene rings is 2. The lowest BCUT2D eigenvalue weighted by Gasteiger charge is -2.14. The first-order valence-electron chi connectivity index (χ1n) is 8.38. The maximum Gasteiger partial charge on any atom is 0.433 e.